The fraction of sp³-hybridized carbons (Fsp3) is 0.400. The predicted octanol–water partition coefficient (Wildman–Crippen LogP) is 1.57. The Balaban J connectivity index is 2.35. The molecule has 1 aliphatic rings. The highest BCUT2D eigenvalue weighted by Crippen LogP contribution is 2.42. The van der Waals surface area contributed by atoms with Crippen LogP contribution in [0.2, 0.25) is 0 Å². The number of halogens is 2. The summed E-state index contributed by atoms with van der Waals surface area (Å²) in [6, 6.07) is 3.26. The Kier molecular flexibility index (Phi) is 2.25. The van der Waals surface area contributed by atoms with Crippen LogP contribution in [0, 0.1) is 11.6 Å². The van der Waals surface area contributed by atoms with Gasteiger partial charge in [0.25, 0.3) is 0 Å². The van der Waals surface area contributed by atoms with Gasteiger partial charge in [-0.3, -0.25) is 0 Å². The maximum absolute atomic E-state index is 13.3. The first kappa shape index (κ1) is 9.55. The molecule has 1 aromatic rings. The number of epoxide rings is 1. The molecule has 1 saturated heterocycles. The van der Waals surface area contributed by atoms with Crippen LogP contribution in [0.3, 0.4) is 0 Å². The van der Waals surface area contributed by atoms with Crippen LogP contribution in [-0.2, 0) is 10.3 Å². The second-order valence-corrected chi connectivity index (χ2v) is 3.38. The Morgan fingerprint density at radius 2 is 2.14 bits per heavy atom. The molecule has 1 aliphatic heterocycles. The molecule has 0 aromatic heterocycles. The van der Waals surface area contributed by atoms with Gasteiger partial charge in [-0.15, -0.1) is 0 Å². The average molecular weight is 200 g/mol. The summed E-state index contributed by atoms with van der Waals surface area (Å²) in [7, 11) is 0. The molecule has 1 heterocycles. The van der Waals surface area contributed by atoms with Gasteiger partial charge in [0.15, 0.2) is 0 Å². The maximum Gasteiger partial charge on any atom is 0.129 e. The zero-order valence-electron chi connectivity index (χ0n) is 7.46. The molecule has 1 N–H and O–H groups in total. The summed E-state index contributed by atoms with van der Waals surface area (Å²) in [5.41, 5.74) is -0.590. The fourth-order valence-corrected chi connectivity index (χ4v) is 1.55. The van der Waals surface area contributed by atoms with Crippen LogP contribution in [-0.4, -0.2) is 18.3 Å². The molecule has 0 spiro atoms. The summed E-state index contributed by atoms with van der Waals surface area (Å²) in [5.74, 6) is -0.980. The molecule has 2 nitrogen and oxygen atoms in total. The van der Waals surface area contributed by atoms with Crippen molar-refractivity contribution in [2.75, 3.05) is 13.2 Å². The van der Waals surface area contributed by atoms with E-state index in [-0.39, 0.29) is 12.2 Å². The predicted molar refractivity (Wildman–Crippen MR) is 45.7 cm³/mol. The van der Waals surface area contributed by atoms with Crippen molar-refractivity contribution in [1.29, 1.82) is 0 Å². The minimum Gasteiger partial charge on any atom is -0.396 e. The van der Waals surface area contributed by atoms with Crippen LogP contribution >= 0.6 is 0 Å². The van der Waals surface area contributed by atoms with Crippen LogP contribution < -0.4 is 0 Å². The van der Waals surface area contributed by atoms with E-state index in [9.17, 15) is 8.78 Å². The summed E-state index contributed by atoms with van der Waals surface area (Å²) in [4.78, 5) is 0. The van der Waals surface area contributed by atoms with Crippen LogP contribution in [0.1, 0.15) is 12.0 Å². The van der Waals surface area contributed by atoms with E-state index in [1.165, 1.54) is 0 Å². The quantitative estimate of drug-likeness (QED) is 0.751. The van der Waals surface area contributed by atoms with Gasteiger partial charge in [-0.2, -0.15) is 0 Å². The van der Waals surface area contributed by atoms with Gasteiger partial charge in [-0.05, 0) is 18.2 Å². The molecule has 0 saturated carbocycles. The van der Waals surface area contributed by atoms with Crippen LogP contribution in [0.15, 0.2) is 18.2 Å². The lowest BCUT2D eigenvalue weighted by Crippen LogP contribution is -2.13. The number of hydrogen-bond acceptors (Lipinski definition) is 2. The second kappa shape index (κ2) is 3.29. The van der Waals surface area contributed by atoms with Crippen molar-refractivity contribution in [3.8, 4) is 0 Å². The number of hydrogen-bond donors (Lipinski definition) is 1. The molecule has 1 unspecified atom stereocenters. The Labute approximate surface area is 80.1 Å². The molecule has 2 rings (SSSR count). The molecule has 0 radical (unpaired) electrons. The van der Waals surface area contributed by atoms with Crippen molar-refractivity contribution in [3.05, 3.63) is 35.4 Å². The number of rotatable bonds is 3. The molecule has 14 heavy (non-hydrogen) atoms. The van der Waals surface area contributed by atoms with Gasteiger partial charge in [0.1, 0.15) is 17.2 Å². The molecule has 0 bridgehead atoms. The van der Waals surface area contributed by atoms with E-state index in [0.29, 0.717) is 13.0 Å². The van der Waals surface area contributed by atoms with E-state index in [1.54, 1.807) is 0 Å². The Morgan fingerprint density at radius 1 is 1.43 bits per heavy atom. The number of benzene rings is 1. The van der Waals surface area contributed by atoms with Crippen LogP contribution in [0.5, 0.6) is 0 Å². The lowest BCUT2D eigenvalue weighted by atomic mass is 9.96. The SMILES string of the molecule is OCCC1(c2cc(F)ccc2F)CO1. The van der Waals surface area contributed by atoms with Crippen LogP contribution in [0.4, 0.5) is 8.78 Å². The summed E-state index contributed by atoms with van der Waals surface area (Å²) >= 11 is 0. The molecular formula is C10H10F2O2. The van der Waals surface area contributed by atoms with Crippen molar-refractivity contribution in [2.24, 2.45) is 0 Å². The van der Waals surface area contributed by atoms with Crippen LogP contribution in [0.25, 0.3) is 0 Å². The van der Waals surface area contributed by atoms with Crippen molar-refractivity contribution >= 4 is 0 Å². The van der Waals surface area contributed by atoms with Crippen molar-refractivity contribution in [1.82, 2.24) is 0 Å². The maximum atomic E-state index is 13.3. The first-order chi connectivity index (χ1) is 6.68. The van der Waals surface area contributed by atoms with Gasteiger partial charge < -0.3 is 9.84 Å². The third-order valence-corrected chi connectivity index (χ3v) is 2.43. The van der Waals surface area contributed by atoms with Gasteiger partial charge in [0.2, 0.25) is 0 Å². The van der Waals surface area contributed by atoms with Gasteiger partial charge in [-0.1, -0.05) is 0 Å². The molecule has 1 atom stereocenters. The van der Waals surface area contributed by atoms with E-state index in [4.69, 9.17) is 9.84 Å². The lowest BCUT2D eigenvalue weighted by molar-refractivity contribution is 0.211. The normalized spacial score (nSPS) is 25.1. The van der Waals surface area contributed by atoms with E-state index >= 15 is 0 Å². The van der Waals surface area contributed by atoms with E-state index in [2.05, 4.69) is 0 Å². The molecular weight excluding hydrogens is 190 g/mol. The molecule has 1 fully saturated rings. The topological polar surface area (TPSA) is 32.8 Å². The summed E-state index contributed by atoms with van der Waals surface area (Å²) in [5, 5.41) is 8.77. The minimum absolute atomic E-state index is 0.101. The smallest absolute Gasteiger partial charge is 0.129 e. The Morgan fingerprint density at radius 3 is 2.71 bits per heavy atom. The fourth-order valence-electron chi connectivity index (χ4n) is 1.55. The monoisotopic (exact) mass is 200 g/mol. The lowest BCUT2D eigenvalue weighted by Gasteiger charge is -2.11. The van der Waals surface area contributed by atoms with E-state index in [0.717, 1.165) is 18.2 Å². The van der Waals surface area contributed by atoms with Gasteiger partial charge in [-0.25, -0.2) is 8.78 Å². The second-order valence-electron chi connectivity index (χ2n) is 3.38. The molecule has 76 valence electrons. The van der Waals surface area contributed by atoms with Gasteiger partial charge in [0, 0.05) is 18.6 Å². The Bertz CT molecular complexity index is 348. The van der Waals surface area contributed by atoms with Crippen molar-refractivity contribution < 1.29 is 18.6 Å². The Hall–Kier alpha value is -1.00. The summed E-state index contributed by atoms with van der Waals surface area (Å²) in [6.07, 6.45) is 0.299. The third kappa shape index (κ3) is 1.51. The molecule has 0 aliphatic carbocycles. The number of aliphatic hydroxyl groups is 1. The van der Waals surface area contributed by atoms with E-state index in [1.807, 2.05) is 0 Å². The number of ether oxygens (including phenoxy) is 1. The van der Waals surface area contributed by atoms with Crippen molar-refractivity contribution in [2.45, 2.75) is 12.0 Å². The molecule has 1 aromatic carbocycles. The summed E-state index contributed by atoms with van der Waals surface area (Å²) < 4.78 is 31.3. The van der Waals surface area contributed by atoms with E-state index < -0.39 is 17.2 Å². The summed E-state index contributed by atoms with van der Waals surface area (Å²) in [6.45, 7) is 0.240. The highest BCUT2D eigenvalue weighted by atomic mass is 19.1. The zero-order valence-corrected chi connectivity index (χ0v) is 7.46. The first-order valence-corrected chi connectivity index (χ1v) is 4.38. The van der Waals surface area contributed by atoms with Gasteiger partial charge >= 0.3 is 0 Å². The van der Waals surface area contributed by atoms with Gasteiger partial charge in [0.05, 0.1) is 6.61 Å². The molecule has 4 heteroatoms. The average Bonchev–Trinajstić information content (AvgIpc) is 2.91. The standard InChI is InChI=1S/C10H10F2O2/c11-7-1-2-9(12)8(5-7)10(3-4-13)6-14-10/h1-2,5,13H,3-4,6H2. The number of aliphatic hydroxyl groups excluding tert-OH is 1. The third-order valence-electron chi connectivity index (χ3n) is 2.43. The zero-order chi connectivity index (χ0) is 10.2. The molecule has 0 amide bonds. The first-order valence-electron chi connectivity index (χ1n) is 4.38. The highest BCUT2D eigenvalue weighted by Gasteiger charge is 2.47. The van der Waals surface area contributed by atoms with Crippen molar-refractivity contribution in [3.63, 3.8) is 0 Å². The minimum atomic E-state index is -0.791. The highest BCUT2D eigenvalue weighted by molar-refractivity contribution is 5.29. The largest absolute Gasteiger partial charge is 0.396 e.